The van der Waals surface area contributed by atoms with Crippen molar-refractivity contribution in [3.8, 4) is 0 Å². The van der Waals surface area contributed by atoms with E-state index in [2.05, 4.69) is 12.2 Å². The molecule has 1 N–H and O–H groups in total. The fraction of sp³-hybridized carbons (Fsp3) is 0.417. The summed E-state index contributed by atoms with van der Waals surface area (Å²) in [5, 5.41) is 2.76. The van der Waals surface area contributed by atoms with Crippen LogP contribution in [0.15, 0.2) is 59.5 Å². The maximum atomic E-state index is 13.0. The fourth-order valence-electron chi connectivity index (χ4n) is 4.28. The van der Waals surface area contributed by atoms with Gasteiger partial charge in [0.2, 0.25) is 10.0 Å². The normalized spacial score (nSPS) is 20.3. The molecule has 8 nitrogen and oxygen atoms in total. The molecule has 176 valence electrons. The van der Waals surface area contributed by atoms with Gasteiger partial charge in [0.25, 0.3) is 5.91 Å². The number of benzene rings is 2. The van der Waals surface area contributed by atoms with Crippen LogP contribution in [0.25, 0.3) is 0 Å². The molecule has 0 bridgehead atoms. The van der Waals surface area contributed by atoms with Crippen molar-refractivity contribution in [3.05, 3.63) is 65.7 Å². The minimum absolute atomic E-state index is 0.162. The first-order chi connectivity index (χ1) is 15.9. The zero-order chi connectivity index (χ0) is 23.4. The van der Waals surface area contributed by atoms with Crippen molar-refractivity contribution in [2.24, 2.45) is 0 Å². The number of nitrogens with one attached hydrogen (secondary N) is 1. The number of hydrogen-bond donors (Lipinski definition) is 1. The van der Waals surface area contributed by atoms with Crippen molar-refractivity contribution in [3.63, 3.8) is 0 Å². The maximum absolute atomic E-state index is 13.0. The van der Waals surface area contributed by atoms with Crippen molar-refractivity contribution in [2.45, 2.75) is 37.1 Å². The van der Waals surface area contributed by atoms with E-state index in [1.807, 2.05) is 47.4 Å². The third-order valence-electron chi connectivity index (χ3n) is 6.16. The Bertz CT molecular complexity index is 1080. The predicted octanol–water partition coefficient (Wildman–Crippen LogP) is 2.07. The van der Waals surface area contributed by atoms with Crippen molar-refractivity contribution < 1.29 is 18.0 Å². The molecule has 3 amide bonds. The quantitative estimate of drug-likeness (QED) is 0.597. The molecule has 0 aliphatic carbocycles. The molecule has 2 saturated heterocycles. The first kappa shape index (κ1) is 23.4. The minimum atomic E-state index is -3.56. The minimum Gasteiger partial charge on any atom is -0.325 e. The Morgan fingerprint density at radius 3 is 2.21 bits per heavy atom. The largest absolute Gasteiger partial charge is 0.325 e. The molecule has 2 aliphatic rings. The predicted molar refractivity (Wildman–Crippen MR) is 125 cm³/mol. The number of imide groups is 1. The van der Waals surface area contributed by atoms with E-state index in [9.17, 15) is 18.0 Å². The highest BCUT2D eigenvalue weighted by Gasteiger charge is 2.39. The number of nitrogens with zero attached hydrogens (tertiary/aromatic N) is 3. The van der Waals surface area contributed by atoms with E-state index in [-0.39, 0.29) is 12.6 Å². The van der Waals surface area contributed by atoms with Gasteiger partial charge in [0, 0.05) is 32.6 Å². The van der Waals surface area contributed by atoms with Gasteiger partial charge < -0.3 is 5.32 Å². The van der Waals surface area contributed by atoms with Crippen LogP contribution < -0.4 is 5.32 Å². The number of piperazine rings is 1. The van der Waals surface area contributed by atoms with Gasteiger partial charge in [-0.2, -0.15) is 4.31 Å². The second-order valence-corrected chi connectivity index (χ2v) is 10.5. The molecule has 2 fully saturated rings. The second kappa shape index (κ2) is 10.0. The summed E-state index contributed by atoms with van der Waals surface area (Å²) < 4.78 is 27.5. The van der Waals surface area contributed by atoms with Crippen molar-refractivity contribution in [1.29, 1.82) is 0 Å². The molecule has 1 atom stereocenters. The van der Waals surface area contributed by atoms with Gasteiger partial charge in [-0.15, -0.1) is 0 Å². The molecule has 0 radical (unpaired) electrons. The number of sulfonamides is 1. The zero-order valence-electron chi connectivity index (χ0n) is 18.8. The lowest BCUT2D eigenvalue weighted by Gasteiger charge is -2.35. The highest BCUT2D eigenvalue weighted by molar-refractivity contribution is 7.89. The average Bonchev–Trinajstić information content (AvgIpc) is 3.08. The van der Waals surface area contributed by atoms with Crippen molar-refractivity contribution in [2.75, 3.05) is 32.8 Å². The highest BCUT2D eigenvalue weighted by Crippen LogP contribution is 2.20. The Labute approximate surface area is 195 Å². The lowest BCUT2D eigenvalue weighted by atomic mass is 10.1. The summed E-state index contributed by atoms with van der Waals surface area (Å²) in [5.74, 6) is -0.244. The van der Waals surface area contributed by atoms with Crippen LogP contribution in [0.4, 0.5) is 4.79 Å². The van der Waals surface area contributed by atoms with Gasteiger partial charge in [0.05, 0.1) is 11.6 Å². The third-order valence-corrected chi connectivity index (χ3v) is 8.07. The van der Waals surface area contributed by atoms with Gasteiger partial charge in [0.1, 0.15) is 6.04 Å². The summed E-state index contributed by atoms with van der Waals surface area (Å²) in [6, 6.07) is 15.7. The summed E-state index contributed by atoms with van der Waals surface area (Å²) in [7, 11) is -3.56. The van der Waals surface area contributed by atoms with Gasteiger partial charge in [-0.25, -0.2) is 18.1 Å². The Hall–Kier alpha value is -2.75. The number of carbonyl (C=O) groups is 2. The summed E-state index contributed by atoms with van der Waals surface area (Å²) in [6.45, 7) is 3.79. The molecule has 2 aromatic carbocycles. The van der Waals surface area contributed by atoms with Gasteiger partial charge in [-0.3, -0.25) is 9.69 Å². The Morgan fingerprint density at radius 2 is 1.58 bits per heavy atom. The first-order valence-electron chi connectivity index (χ1n) is 11.4. The van der Waals surface area contributed by atoms with E-state index < -0.39 is 22.1 Å². The van der Waals surface area contributed by atoms with Gasteiger partial charge >= 0.3 is 6.03 Å². The molecule has 2 aliphatic heterocycles. The summed E-state index contributed by atoms with van der Waals surface area (Å²) >= 11 is 0. The van der Waals surface area contributed by atoms with Crippen molar-refractivity contribution in [1.82, 2.24) is 19.4 Å². The zero-order valence-corrected chi connectivity index (χ0v) is 19.6. The van der Waals surface area contributed by atoms with Crippen molar-refractivity contribution >= 4 is 22.0 Å². The molecule has 4 rings (SSSR count). The average molecular weight is 471 g/mol. The lowest BCUT2D eigenvalue weighted by Crippen LogP contribution is -2.52. The van der Waals surface area contributed by atoms with Gasteiger partial charge in [-0.1, -0.05) is 55.8 Å². The summed E-state index contributed by atoms with van der Waals surface area (Å²) in [5.41, 5.74) is 2.11. The van der Waals surface area contributed by atoms with E-state index >= 15 is 0 Å². The molecule has 0 saturated carbocycles. The number of hydrogen-bond acceptors (Lipinski definition) is 5. The number of rotatable bonds is 8. The molecule has 0 aromatic heterocycles. The van der Waals surface area contributed by atoms with Gasteiger partial charge in [0.15, 0.2) is 0 Å². The molecule has 2 heterocycles. The lowest BCUT2D eigenvalue weighted by molar-refractivity contribution is -0.129. The SMILES string of the molecule is CCCc1ccc(S(=O)(=O)N2CCN(CN3C(=O)N[C@@H](Cc4ccccc4)C3=O)CC2)cc1. The Balaban J connectivity index is 1.32. The van der Waals surface area contributed by atoms with Crippen LogP contribution in [0.2, 0.25) is 0 Å². The van der Waals surface area contributed by atoms with Crippen LogP contribution in [0.3, 0.4) is 0 Å². The van der Waals surface area contributed by atoms with Crippen LogP contribution >= 0.6 is 0 Å². The van der Waals surface area contributed by atoms with E-state index in [1.165, 1.54) is 9.21 Å². The van der Waals surface area contributed by atoms with Gasteiger partial charge in [-0.05, 0) is 29.7 Å². The topological polar surface area (TPSA) is 90.0 Å². The third kappa shape index (κ3) is 5.26. The molecular formula is C24H30N4O4S. The highest BCUT2D eigenvalue weighted by atomic mass is 32.2. The van der Waals surface area contributed by atoms with E-state index in [0.29, 0.717) is 37.5 Å². The Kier molecular flexibility index (Phi) is 7.11. The maximum Gasteiger partial charge on any atom is 0.325 e. The summed E-state index contributed by atoms with van der Waals surface area (Å²) in [6.07, 6.45) is 2.39. The molecule has 9 heteroatoms. The number of urea groups is 1. The number of aryl methyl sites for hydroxylation is 1. The van der Waals surface area contributed by atoms with Crippen LogP contribution in [0.1, 0.15) is 24.5 Å². The van der Waals surface area contributed by atoms with Crippen LogP contribution in [0, 0.1) is 0 Å². The smallest absolute Gasteiger partial charge is 0.325 e. The second-order valence-electron chi connectivity index (χ2n) is 8.52. The number of amides is 3. The van der Waals surface area contributed by atoms with E-state index in [4.69, 9.17) is 0 Å². The number of carbonyl (C=O) groups excluding carboxylic acids is 2. The van der Waals surface area contributed by atoms with E-state index in [1.54, 1.807) is 12.1 Å². The molecule has 0 unspecified atom stereocenters. The van der Waals surface area contributed by atoms with Crippen LogP contribution in [-0.2, 0) is 27.7 Å². The molecule has 0 spiro atoms. The van der Waals surface area contributed by atoms with Crippen LogP contribution in [0.5, 0.6) is 0 Å². The first-order valence-corrected chi connectivity index (χ1v) is 12.8. The van der Waals surface area contributed by atoms with E-state index in [0.717, 1.165) is 24.0 Å². The standard InChI is InChI=1S/C24H30N4O4S/c1-2-6-19-9-11-21(12-10-19)33(31,32)27-15-13-26(14-16-27)18-28-23(29)22(25-24(28)30)17-20-7-4-3-5-8-20/h3-5,7-12,22H,2,6,13-18H2,1H3,(H,25,30)/t22-/m0/s1. The Morgan fingerprint density at radius 1 is 0.909 bits per heavy atom. The monoisotopic (exact) mass is 470 g/mol. The summed E-state index contributed by atoms with van der Waals surface area (Å²) in [4.78, 5) is 28.7. The molecular weight excluding hydrogens is 440 g/mol. The fourth-order valence-corrected chi connectivity index (χ4v) is 5.70. The molecule has 2 aromatic rings. The molecule has 33 heavy (non-hydrogen) atoms. The van der Waals surface area contributed by atoms with Crippen LogP contribution in [-0.4, -0.2) is 73.4 Å².